The van der Waals surface area contributed by atoms with Gasteiger partial charge >= 0.3 is 5.97 Å². The van der Waals surface area contributed by atoms with E-state index in [4.69, 9.17) is 5.73 Å². The Morgan fingerprint density at radius 3 is 2.76 bits per heavy atom. The highest BCUT2D eigenvalue weighted by molar-refractivity contribution is 8.09. The number of hydrogen-bond donors (Lipinski definition) is 3. The summed E-state index contributed by atoms with van der Waals surface area (Å²) in [6.07, 6.45) is 0. The fourth-order valence-electron chi connectivity index (χ4n) is 2.46. The quantitative estimate of drug-likeness (QED) is 0.676. The average Bonchev–Trinajstić information content (AvgIpc) is 2.97. The molecule has 2 atom stereocenters. The Labute approximate surface area is 128 Å². The summed E-state index contributed by atoms with van der Waals surface area (Å²) in [4.78, 5) is 30.3. The van der Waals surface area contributed by atoms with Crippen LogP contribution in [0.5, 0.6) is 0 Å². The number of aromatic nitrogens is 1. The van der Waals surface area contributed by atoms with Gasteiger partial charge in [0.2, 0.25) is 5.91 Å². The number of thiazole rings is 1. The fraction of sp³-hybridized carbons (Fsp3) is 0.417. The van der Waals surface area contributed by atoms with E-state index in [1.165, 1.54) is 28.0 Å². The number of carbonyl (C=O) groups is 2. The number of β-lactam (4-membered cyclic amide) rings is 1. The van der Waals surface area contributed by atoms with Gasteiger partial charge in [-0.25, -0.2) is 9.78 Å². The highest BCUT2D eigenvalue weighted by atomic mass is 32.2. The smallest absolute Gasteiger partial charge is 0.353 e. The third-order valence-corrected chi connectivity index (χ3v) is 6.21. The molecule has 2 aliphatic heterocycles. The average molecular weight is 327 g/mol. The van der Waals surface area contributed by atoms with Crippen LogP contribution in [0.4, 0.5) is 0 Å². The maximum absolute atomic E-state index is 11.9. The fourth-order valence-corrected chi connectivity index (χ4v) is 5.09. The van der Waals surface area contributed by atoms with Crippen molar-refractivity contribution in [3.05, 3.63) is 21.3 Å². The lowest BCUT2D eigenvalue weighted by Gasteiger charge is -2.41. The number of carboxylic acids is 1. The summed E-state index contributed by atoms with van der Waals surface area (Å²) >= 11 is 2.64. The molecule has 0 radical (unpaired) electrons. The molecule has 1 fully saturated rings. The molecule has 3 rings (SSSR count). The van der Waals surface area contributed by atoms with Crippen LogP contribution in [0.25, 0.3) is 4.91 Å². The van der Waals surface area contributed by atoms with Crippen molar-refractivity contribution in [2.45, 2.75) is 18.8 Å². The van der Waals surface area contributed by atoms with Gasteiger partial charge in [0.15, 0.2) is 0 Å². The van der Waals surface area contributed by atoms with E-state index in [0.717, 1.165) is 9.88 Å². The third kappa shape index (κ3) is 2.00. The number of aliphatic hydroxyl groups is 1. The van der Waals surface area contributed by atoms with Crippen molar-refractivity contribution >= 4 is 39.9 Å². The van der Waals surface area contributed by atoms with Gasteiger partial charge in [-0.2, -0.15) is 0 Å². The molecule has 0 saturated carbocycles. The Kier molecular flexibility index (Phi) is 3.52. The van der Waals surface area contributed by atoms with Gasteiger partial charge in [-0.15, -0.1) is 11.3 Å². The van der Waals surface area contributed by atoms with E-state index in [0.29, 0.717) is 10.6 Å². The molecule has 2 aliphatic rings. The minimum atomic E-state index is -1.15. The summed E-state index contributed by atoms with van der Waals surface area (Å²) in [5, 5.41) is 19.0. The van der Waals surface area contributed by atoms with Gasteiger partial charge in [0, 0.05) is 6.54 Å². The number of aryl methyl sites for hydroxylation is 1. The summed E-state index contributed by atoms with van der Waals surface area (Å²) in [6.45, 7) is 1.80. The van der Waals surface area contributed by atoms with Gasteiger partial charge in [-0.05, 0) is 6.92 Å². The molecule has 4 N–H and O–H groups in total. The monoisotopic (exact) mass is 327 g/mol. The zero-order valence-electron chi connectivity index (χ0n) is 11.1. The van der Waals surface area contributed by atoms with E-state index >= 15 is 0 Å². The van der Waals surface area contributed by atoms with Crippen molar-refractivity contribution in [2.24, 2.45) is 11.7 Å². The molecule has 0 aromatic carbocycles. The predicted octanol–water partition coefficient (Wildman–Crippen LogP) is 0.187. The maximum Gasteiger partial charge on any atom is 0.353 e. The number of hydrogen-bond acceptors (Lipinski definition) is 7. The lowest BCUT2D eigenvalue weighted by molar-refractivity contribution is -0.153. The van der Waals surface area contributed by atoms with Gasteiger partial charge < -0.3 is 15.9 Å². The van der Waals surface area contributed by atoms with E-state index in [1.807, 2.05) is 0 Å². The molecule has 7 nitrogen and oxygen atoms in total. The van der Waals surface area contributed by atoms with E-state index in [9.17, 15) is 19.8 Å². The number of nitrogens with zero attached hydrogens (tertiary/aromatic N) is 2. The lowest BCUT2D eigenvalue weighted by atomic mass is 9.98. The van der Waals surface area contributed by atoms with Crippen LogP contribution < -0.4 is 5.73 Å². The number of nitrogens with two attached hydrogens (primary N) is 1. The number of rotatable bonds is 4. The highest BCUT2D eigenvalue weighted by Crippen LogP contribution is 2.54. The Hall–Kier alpha value is -1.42. The van der Waals surface area contributed by atoms with Gasteiger partial charge in [0.05, 0.1) is 28.0 Å². The summed E-state index contributed by atoms with van der Waals surface area (Å²) < 4.78 is 0. The SMILES string of the molecule is Cc1nc(CN)sc1C1=C(C(=O)O)N2C(=O)[C@H](CO)[C@H]2S1. The molecule has 0 spiro atoms. The zero-order chi connectivity index (χ0) is 15.3. The second kappa shape index (κ2) is 5.09. The molecule has 1 aromatic rings. The lowest BCUT2D eigenvalue weighted by Crippen LogP contribution is -2.58. The van der Waals surface area contributed by atoms with Crippen LogP contribution in [-0.4, -0.2) is 44.0 Å². The van der Waals surface area contributed by atoms with E-state index in [-0.39, 0.29) is 30.1 Å². The number of aliphatic carboxylic acids is 1. The van der Waals surface area contributed by atoms with Gasteiger partial charge in [-0.1, -0.05) is 11.8 Å². The molecular formula is C12H13N3O4S2. The van der Waals surface area contributed by atoms with Crippen LogP contribution in [0, 0.1) is 12.8 Å². The molecule has 1 amide bonds. The summed E-state index contributed by atoms with van der Waals surface area (Å²) in [7, 11) is 0. The standard InChI is InChI=1S/C12H13N3O4S2/c1-4-8(20-6(2-13)14-4)9-7(12(18)19)15-10(17)5(3-16)11(15)21-9/h5,11,16H,2-3,13H2,1H3,(H,18,19)/t5-,11+/m0/s1. The van der Waals surface area contributed by atoms with Crippen LogP contribution in [0.3, 0.4) is 0 Å². The molecule has 0 unspecified atom stereocenters. The second-order valence-electron chi connectivity index (χ2n) is 4.71. The topological polar surface area (TPSA) is 117 Å². The minimum absolute atomic E-state index is 0.0185. The number of carboxylic acid groups (broad SMARTS) is 1. The molecule has 1 aromatic heterocycles. The van der Waals surface area contributed by atoms with E-state index in [2.05, 4.69) is 4.98 Å². The van der Waals surface area contributed by atoms with Crippen molar-refractivity contribution < 1.29 is 19.8 Å². The molecule has 0 aliphatic carbocycles. The molecule has 3 heterocycles. The van der Waals surface area contributed by atoms with Crippen LogP contribution in [0.1, 0.15) is 15.6 Å². The van der Waals surface area contributed by atoms with E-state index in [1.54, 1.807) is 6.92 Å². The Bertz CT molecular complexity index is 669. The summed E-state index contributed by atoms with van der Waals surface area (Å²) in [6, 6.07) is 0. The molecular weight excluding hydrogens is 314 g/mol. The van der Waals surface area contributed by atoms with Gasteiger partial charge in [0.25, 0.3) is 0 Å². The maximum atomic E-state index is 11.9. The normalized spacial score (nSPS) is 24.3. The number of aliphatic hydroxyl groups excluding tert-OH is 1. The van der Waals surface area contributed by atoms with Gasteiger partial charge in [-0.3, -0.25) is 9.69 Å². The van der Waals surface area contributed by atoms with Crippen molar-refractivity contribution in [1.82, 2.24) is 9.88 Å². The van der Waals surface area contributed by atoms with Crippen LogP contribution >= 0.6 is 23.1 Å². The second-order valence-corrected chi connectivity index (χ2v) is 6.93. The zero-order valence-corrected chi connectivity index (χ0v) is 12.7. The summed E-state index contributed by atoms with van der Waals surface area (Å²) in [5.74, 6) is -2.03. The Balaban J connectivity index is 2.06. The van der Waals surface area contributed by atoms with Gasteiger partial charge in [0.1, 0.15) is 16.1 Å². The first-order chi connectivity index (χ1) is 9.99. The number of amides is 1. The first-order valence-corrected chi connectivity index (χ1v) is 7.94. The molecule has 9 heteroatoms. The first-order valence-electron chi connectivity index (χ1n) is 6.24. The number of carbonyl (C=O) groups excluding carboxylic acids is 1. The predicted molar refractivity (Wildman–Crippen MR) is 78.1 cm³/mol. The van der Waals surface area contributed by atoms with Crippen LogP contribution in [-0.2, 0) is 16.1 Å². The molecule has 112 valence electrons. The largest absolute Gasteiger partial charge is 0.477 e. The number of thioether (sulfide) groups is 1. The molecule has 21 heavy (non-hydrogen) atoms. The Morgan fingerprint density at radius 1 is 1.52 bits per heavy atom. The van der Waals surface area contributed by atoms with E-state index < -0.39 is 11.9 Å². The number of fused-ring (bicyclic) bond motifs is 1. The van der Waals surface area contributed by atoms with Crippen LogP contribution in [0.15, 0.2) is 5.70 Å². The Morgan fingerprint density at radius 2 is 2.24 bits per heavy atom. The van der Waals surface area contributed by atoms with Crippen LogP contribution in [0.2, 0.25) is 0 Å². The summed E-state index contributed by atoms with van der Waals surface area (Å²) in [5.41, 5.74) is 6.26. The van der Waals surface area contributed by atoms with Crippen molar-refractivity contribution in [3.8, 4) is 0 Å². The minimum Gasteiger partial charge on any atom is -0.477 e. The van der Waals surface area contributed by atoms with Crippen molar-refractivity contribution in [1.29, 1.82) is 0 Å². The molecule has 0 bridgehead atoms. The van der Waals surface area contributed by atoms with Crippen molar-refractivity contribution in [3.63, 3.8) is 0 Å². The first kappa shape index (κ1) is 14.5. The molecule has 1 saturated heterocycles. The van der Waals surface area contributed by atoms with Crippen molar-refractivity contribution in [2.75, 3.05) is 6.61 Å². The highest BCUT2D eigenvalue weighted by Gasteiger charge is 2.56. The third-order valence-electron chi connectivity index (χ3n) is 3.47.